The molecule has 1 fully saturated rings. The molecule has 0 bridgehead atoms. The maximum Gasteiger partial charge on any atom is 0.326 e. The normalized spacial score (nSPS) is 15.7. The van der Waals surface area contributed by atoms with Crippen molar-refractivity contribution < 1.29 is 14.7 Å². The van der Waals surface area contributed by atoms with Crippen LogP contribution < -0.4 is 5.69 Å². The Bertz CT molecular complexity index is 787. The van der Waals surface area contributed by atoms with Crippen LogP contribution in [0.2, 0.25) is 0 Å². The number of fused-ring (bicyclic) bond motifs is 1. The maximum absolute atomic E-state index is 12.5. The number of carbonyl (C=O) groups excluding carboxylic acids is 1. The van der Waals surface area contributed by atoms with Gasteiger partial charge in [0.05, 0.1) is 11.0 Å². The summed E-state index contributed by atoms with van der Waals surface area (Å²) in [4.78, 5) is 39.8. The molecule has 7 nitrogen and oxygen atoms in total. The first-order chi connectivity index (χ1) is 10.5. The second-order valence-corrected chi connectivity index (χ2v) is 5.58. The monoisotopic (exact) mass is 303 g/mol. The minimum Gasteiger partial charge on any atom is -0.480 e. The number of carboxylic acid groups (broad SMARTS) is 1. The van der Waals surface area contributed by atoms with Crippen molar-refractivity contribution in [3.63, 3.8) is 0 Å². The fourth-order valence-corrected chi connectivity index (χ4v) is 2.69. The topological polar surface area (TPSA) is 95.4 Å². The Morgan fingerprint density at radius 1 is 1.41 bits per heavy atom. The second kappa shape index (κ2) is 5.32. The van der Waals surface area contributed by atoms with Crippen molar-refractivity contribution in [2.75, 3.05) is 0 Å². The number of nitrogens with zero attached hydrogens (tertiary/aromatic N) is 2. The molecule has 2 aromatic rings. The lowest BCUT2D eigenvalue weighted by Crippen LogP contribution is -2.46. The van der Waals surface area contributed by atoms with Crippen molar-refractivity contribution in [3.05, 3.63) is 34.7 Å². The van der Waals surface area contributed by atoms with Gasteiger partial charge in [0.15, 0.2) is 0 Å². The van der Waals surface area contributed by atoms with E-state index in [1.165, 1.54) is 16.4 Å². The lowest BCUT2D eigenvalue weighted by Gasteiger charge is -2.26. The Morgan fingerprint density at radius 3 is 2.73 bits per heavy atom. The largest absolute Gasteiger partial charge is 0.480 e. The van der Waals surface area contributed by atoms with Gasteiger partial charge in [-0.2, -0.15) is 0 Å². The summed E-state index contributed by atoms with van der Waals surface area (Å²) in [5, 5.41) is 9.16. The Kier molecular flexibility index (Phi) is 3.48. The molecule has 1 unspecified atom stereocenters. The number of benzene rings is 1. The third-order valence-electron chi connectivity index (χ3n) is 3.98. The van der Waals surface area contributed by atoms with E-state index >= 15 is 0 Å². The zero-order valence-corrected chi connectivity index (χ0v) is 12.2. The summed E-state index contributed by atoms with van der Waals surface area (Å²) in [7, 11) is 0. The molecule has 7 heteroatoms. The molecule has 1 aromatic carbocycles. The van der Waals surface area contributed by atoms with Crippen LogP contribution in [-0.4, -0.2) is 43.5 Å². The molecule has 1 aliphatic carbocycles. The van der Waals surface area contributed by atoms with E-state index in [2.05, 4.69) is 4.98 Å². The van der Waals surface area contributed by atoms with Crippen LogP contribution in [0.15, 0.2) is 29.1 Å². The van der Waals surface area contributed by atoms with E-state index in [0.29, 0.717) is 11.0 Å². The quantitative estimate of drug-likeness (QED) is 0.854. The summed E-state index contributed by atoms with van der Waals surface area (Å²) in [6.07, 6.45) is 1.62. The molecule has 1 amide bonds. The molecule has 2 N–H and O–H groups in total. The molecule has 1 aromatic heterocycles. The number of rotatable bonds is 5. The van der Waals surface area contributed by atoms with E-state index in [4.69, 9.17) is 5.11 Å². The van der Waals surface area contributed by atoms with Crippen LogP contribution in [0.1, 0.15) is 19.8 Å². The van der Waals surface area contributed by atoms with Crippen molar-refractivity contribution in [1.82, 2.24) is 14.5 Å². The highest BCUT2D eigenvalue weighted by Gasteiger charge is 2.38. The zero-order valence-electron chi connectivity index (χ0n) is 12.2. The summed E-state index contributed by atoms with van der Waals surface area (Å²) in [5.41, 5.74) is 0.928. The first-order valence-corrected chi connectivity index (χ1v) is 7.20. The number of H-pyrrole nitrogens is 1. The van der Waals surface area contributed by atoms with Gasteiger partial charge in [0.1, 0.15) is 12.6 Å². The first-order valence-electron chi connectivity index (χ1n) is 7.20. The summed E-state index contributed by atoms with van der Waals surface area (Å²) in [6.45, 7) is 1.34. The van der Waals surface area contributed by atoms with E-state index in [1.807, 2.05) is 0 Å². The van der Waals surface area contributed by atoms with Crippen LogP contribution >= 0.6 is 0 Å². The highest BCUT2D eigenvalue weighted by molar-refractivity contribution is 5.85. The van der Waals surface area contributed by atoms with Crippen LogP contribution in [0.25, 0.3) is 11.0 Å². The molecule has 0 aliphatic heterocycles. The molecule has 3 rings (SSSR count). The van der Waals surface area contributed by atoms with Gasteiger partial charge in [0.25, 0.3) is 0 Å². The smallest absolute Gasteiger partial charge is 0.326 e. The summed E-state index contributed by atoms with van der Waals surface area (Å²) < 4.78 is 1.35. The molecule has 1 heterocycles. The van der Waals surface area contributed by atoms with Gasteiger partial charge in [-0.1, -0.05) is 12.1 Å². The number of hydrogen-bond donors (Lipinski definition) is 2. The fraction of sp³-hybridized carbons (Fsp3) is 0.400. The number of carboxylic acids is 1. The van der Waals surface area contributed by atoms with Gasteiger partial charge in [-0.15, -0.1) is 0 Å². The molecule has 0 radical (unpaired) electrons. The summed E-state index contributed by atoms with van der Waals surface area (Å²) in [6, 6.07) is 6.18. The summed E-state index contributed by atoms with van der Waals surface area (Å²) >= 11 is 0. The molecule has 22 heavy (non-hydrogen) atoms. The fourth-order valence-electron chi connectivity index (χ4n) is 2.69. The third kappa shape index (κ3) is 2.49. The predicted molar refractivity (Wildman–Crippen MR) is 79.5 cm³/mol. The maximum atomic E-state index is 12.5. The average molecular weight is 303 g/mol. The SMILES string of the molecule is CC(C(=O)O)N(C(=O)Cn1c(=O)[nH]c2ccccc21)C1CC1. The third-order valence-corrected chi connectivity index (χ3v) is 3.98. The number of hydrogen-bond acceptors (Lipinski definition) is 3. The molecular weight excluding hydrogens is 286 g/mol. The number of aromatic amines is 1. The molecule has 116 valence electrons. The van der Waals surface area contributed by atoms with Crippen LogP contribution in [0.4, 0.5) is 0 Å². The highest BCUT2D eigenvalue weighted by Crippen LogP contribution is 2.29. The van der Waals surface area contributed by atoms with Crippen LogP contribution in [0.5, 0.6) is 0 Å². The van der Waals surface area contributed by atoms with E-state index in [-0.39, 0.29) is 24.2 Å². The van der Waals surface area contributed by atoms with Gasteiger partial charge in [0, 0.05) is 6.04 Å². The number of aliphatic carboxylic acids is 1. The van der Waals surface area contributed by atoms with Gasteiger partial charge in [-0.25, -0.2) is 9.59 Å². The van der Waals surface area contributed by atoms with Gasteiger partial charge in [0.2, 0.25) is 5.91 Å². The Labute approximate surface area is 126 Å². The van der Waals surface area contributed by atoms with E-state index in [0.717, 1.165) is 12.8 Å². The number of aromatic nitrogens is 2. The van der Waals surface area contributed by atoms with Crippen molar-refractivity contribution >= 4 is 22.9 Å². The molecule has 1 atom stereocenters. The number of imidazole rings is 1. The Morgan fingerprint density at radius 2 is 2.09 bits per heavy atom. The number of amides is 1. The molecule has 0 spiro atoms. The highest BCUT2D eigenvalue weighted by atomic mass is 16.4. The van der Waals surface area contributed by atoms with Crippen LogP contribution in [0, 0.1) is 0 Å². The minimum absolute atomic E-state index is 0.0282. The minimum atomic E-state index is -1.04. The number of para-hydroxylation sites is 2. The van der Waals surface area contributed by atoms with E-state index < -0.39 is 12.0 Å². The van der Waals surface area contributed by atoms with Crippen molar-refractivity contribution in [1.29, 1.82) is 0 Å². The van der Waals surface area contributed by atoms with Crippen LogP contribution in [0.3, 0.4) is 0 Å². The van der Waals surface area contributed by atoms with Crippen molar-refractivity contribution in [2.45, 2.75) is 38.4 Å². The van der Waals surface area contributed by atoms with E-state index in [9.17, 15) is 14.4 Å². The first kappa shape index (κ1) is 14.4. The van der Waals surface area contributed by atoms with Crippen LogP contribution in [-0.2, 0) is 16.1 Å². The number of carbonyl (C=O) groups is 2. The number of nitrogens with one attached hydrogen (secondary N) is 1. The Balaban J connectivity index is 1.90. The Hall–Kier alpha value is -2.57. The average Bonchev–Trinajstić information content (AvgIpc) is 3.25. The molecule has 1 saturated carbocycles. The second-order valence-electron chi connectivity index (χ2n) is 5.58. The van der Waals surface area contributed by atoms with Crippen molar-refractivity contribution in [3.8, 4) is 0 Å². The lowest BCUT2D eigenvalue weighted by atomic mass is 10.2. The summed E-state index contributed by atoms with van der Waals surface area (Å²) in [5.74, 6) is -1.38. The van der Waals surface area contributed by atoms with E-state index in [1.54, 1.807) is 24.3 Å². The van der Waals surface area contributed by atoms with Gasteiger partial charge in [-0.3, -0.25) is 9.36 Å². The molecule has 1 aliphatic rings. The van der Waals surface area contributed by atoms with Gasteiger partial charge < -0.3 is 15.0 Å². The predicted octanol–water partition coefficient (Wildman–Crippen LogP) is 0.794. The van der Waals surface area contributed by atoms with Crippen molar-refractivity contribution in [2.24, 2.45) is 0 Å². The molecular formula is C15H17N3O4. The van der Waals surface area contributed by atoms with Gasteiger partial charge >= 0.3 is 11.7 Å². The van der Waals surface area contributed by atoms with Gasteiger partial charge in [-0.05, 0) is 31.9 Å². The zero-order chi connectivity index (χ0) is 15.9. The molecule has 0 saturated heterocycles. The standard InChI is InChI=1S/C15H17N3O4/c1-9(14(20)21)18(10-6-7-10)13(19)8-17-12-5-3-2-4-11(12)16-15(17)22/h2-5,9-10H,6-8H2,1H3,(H,16,22)(H,20,21). The lowest BCUT2D eigenvalue weighted by molar-refractivity contribution is -0.150.